The topological polar surface area (TPSA) is 69.6 Å². The summed E-state index contributed by atoms with van der Waals surface area (Å²) in [6.45, 7) is 6.06. The van der Waals surface area contributed by atoms with Crippen LogP contribution in [0, 0.1) is 12.3 Å². The first-order valence-corrected chi connectivity index (χ1v) is 11.5. The second kappa shape index (κ2) is 10.1. The minimum atomic E-state index is -0.319. The SMILES string of the molecule is CCNC(=NCc1sc(-c2ccccc2)nc1C)NCC1(C(=O)N(C)C)CCCC1. The Morgan fingerprint density at radius 1 is 1.20 bits per heavy atom. The number of guanidine groups is 1. The monoisotopic (exact) mass is 427 g/mol. The third kappa shape index (κ3) is 5.19. The molecule has 7 heteroatoms. The van der Waals surface area contributed by atoms with Crippen molar-refractivity contribution in [3.63, 3.8) is 0 Å². The van der Waals surface area contributed by atoms with E-state index in [2.05, 4.69) is 29.7 Å². The Balaban J connectivity index is 1.70. The molecule has 1 fully saturated rings. The van der Waals surface area contributed by atoms with Crippen molar-refractivity contribution in [2.45, 2.75) is 46.1 Å². The van der Waals surface area contributed by atoms with E-state index < -0.39 is 0 Å². The molecule has 0 unspecified atom stereocenters. The highest BCUT2D eigenvalue weighted by atomic mass is 32.1. The number of benzene rings is 1. The van der Waals surface area contributed by atoms with E-state index in [1.54, 1.807) is 16.2 Å². The van der Waals surface area contributed by atoms with Crippen LogP contribution in [0.1, 0.15) is 43.2 Å². The lowest BCUT2D eigenvalue weighted by molar-refractivity contribution is -0.138. The number of amides is 1. The molecule has 0 bridgehead atoms. The molecule has 30 heavy (non-hydrogen) atoms. The van der Waals surface area contributed by atoms with Gasteiger partial charge in [0, 0.05) is 37.6 Å². The maximum Gasteiger partial charge on any atom is 0.230 e. The molecule has 1 aliphatic carbocycles. The average molecular weight is 428 g/mol. The van der Waals surface area contributed by atoms with Gasteiger partial charge >= 0.3 is 0 Å². The van der Waals surface area contributed by atoms with E-state index in [0.717, 1.165) is 59.3 Å². The number of aliphatic imine (C=N–C) groups is 1. The summed E-state index contributed by atoms with van der Waals surface area (Å²) >= 11 is 1.69. The number of nitrogens with zero attached hydrogens (tertiary/aromatic N) is 3. The Labute approximate surface area is 183 Å². The van der Waals surface area contributed by atoms with Crippen LogP contribution in [0.25, 0.3) is 10.6 Å². The van der Waals surface area contributed by atoms with Crippen LogP contribution in [0.15, 0.2) is 35.3 Å². The van der Waals surface area contributed by atoms with Crippen molar-refractivity contribution in [1.82, 2.24) is 20.5 Å². The van der Waals surface area contributed by atoms with Crippen LogP contribution in [0.5, 0.6) is 0 Å². The lowest BCUT2D eigenvalue weighted by Crippen LogP contribution is -2.49. The fourth-order valence-electron chi connectivity index (χ4n) is 4.02. The predicted molar refractivity (Wildman–Crippen MR) is 125 cm³/mol. The van der Waals surface area contributed by atoms with Gasteiger partial charge < -0.3 is 15.5 Å². The Morgan fingerprint density at radius 2 is 1.90 bits per heavy atom. The lowest BCUT2D eigenvalue weighted by Gasteiger charge is -2.31. The molecule has 0 spiro atoms. The van der Waals surface area contributed by atoms with Crippen molar-refractivity contribution in [2.75, 3.05) is 27.2 Å². The van der Waals surface area contributed by atoms with Crippen molar-refractivity contribution in [2.24, 2.45) is 10.4 Å². The molecule has 1 aromatic carbocycles. The first-order valence-electron chi connectivity index (χ1n) is 10.7. The number of rotatable bonds is 7. The van der Waals surface area contributed by atoms with Crippen molar-refractivity contribution in [1.29, 1.82) is 0 Å². The van der Waals surface area contributed by atoms with E-state index in [1.165, 1.54) is 0 Å². The first-order chi connectivity index (χ1) is 14.4. The minimum absolute atomic E-state index is 0.217. The predicted octanol–water partition coefficient (Wildman–Crippen LogP) is 3.82. The number of hydrogen-bond donors (Lipinski definition) is 2. The molecule has 1 saturated carbocycles. The van der Waals surface area contributed by atoms with Gasteiger partial charge in [-0.25, -0.2) is 9.98 Å². The van der Waals surface area contributed by atoms with Gasteiger partial charge in [-0.15, -0.1) is 11.3 Å². The molecule has 2 aromatic rings. The number of nitrogens with one attached hydrogen (secondary N) is 2. The van der Waals surface area contributed by atoms with E-state index in [1.807, 2.05) is 39.2 Å². The maximum absolute atomic E-state index is 12.8. The summed E-state index contributed by atoms with van der Waals surface area (Å²) in [7, 11) is 3.69. The smallest absolute Gasteiger partial charge is 0.230 e. The number of hydrogen-bond acceptors (Lipinski definition) is 4. The summed E-state index contributed by atoms with van der Waals surface area (Å²) in [4.78, 5) is 25.2. The molecule has 1 amide bonds. The molecular weight excluding hydrogens is 394 g/mol. The van der Waals surface area contributed by atoms with Crippen LogP contribution in [-0.2, 0) is 11.3 Å². The van der Waals surface area contributed by atoms with Crippen LogP contribution in [0.4, 0.5) is 0 Å². The summed E-state index contributed by atoms with van der Waals surface area (Å²) in [6, 6.07) is 10.2. The summed E-state index contributed by atoms with van der Waals surface area (Å²) in [5, 5.41) is 7.79. The average Bonchev–Trinajstić information content (AvgIpc) is 3.37. The summed E-state index contributed by atoms with van der Waals surface area (Å²) < 4.78 is 0. The highest BCUT2D eigenvalue weighted by Crippen LogP contribution is 2.39. The van der Waals surface area contributed by atoms with Gasteiger partial charge in [0.1, 0.15) is 5.01 Å². The van der Waals surface area contributed by atoms with E-state index in [4.69, 9.17) is 9.98 Å². The van der Waals surface area contributed by atoms with Crippen molar-refractivity contribution in [3.8, 4) is 10.6 Å². The molecule has 1 aromatic heterocycles. The van der Waals surface area contributed by atoms with Gasteiger partial charge in [0.2, 0.25) is 5.91 Å². The normalized spacial score (nSPS) is 15.8. The fraction of sp³-hybridized carbons (Fsp3) is 0.522. The van der Waals surface area contributed by atoms with Crippen molar-refractivity contribution >= 4 is 23.2 Å². The largest absolute Gasteiger partial charge is 0.357 e. The lowest BCUT2D eigenvalue weighted by atomic mass is 9.84. The second-order valence-electron chi connectivity index (χ2n) is 8.13. The summed E-state index contributed by atoms with van der Waals surface area (Å²) in [6.07, 6.45) is 4.09. The van der Waals surface area contributed by atoms with Crippen molar-refractivity contribution < 1.29 is 4.79 Å². The third-order valence-electron chi connectivity index (χ3n) is 5.65. The number of carbonyl (C=O) groups excluding carboxylic acids is 1. The van der Waals surface area contributed by atoms with Crippen molar-refractivity contribution in [3.05, 3.63) is 40.9 Å². The molecule has 162 valence electrons. The van der Waals surface area contributed by atoms with E-state index in [9.17, 15) is 4.79 Å². The zero-order valence-electron chi connectivity index (χ0n) is 18.5. The molecule has 0 radical (unpaired) electrons. The van der Waals surface area contributed by atoms with Crippen LogP contribution >= 0.6 is 11.3 Å². The van der Waals surface area contributed by atoms with Gasteiger partial charge in [-0.2, -0.15) is 0 Å². The Bertz CT molecular complexity index is 869. The Kier molecular flexibility index (Phi) is 7.48. The molecule has 1 aliphatic rings. The van der Waals surface area contributed by atoms with Gasteiger partial charge in [0.15, 0.2) is 5.96 Å². The first kappa shape index (κ1) is 22.3. The molecule has 1 heterocycles. The number of aromatic nitrogens is 1. The summed E-state index contributed by atoms with van der Waals surface area (Å²) in [5.74, 6) is 0.971. The third-order valence-corrected chi connectivity index (χ3v) is 6.84. The molecule has 6 nitrogen and oxygen atoms in total. The highest BCUT2D eigenvalue weighted by molar-refractivity contribution is 7.15. The fourth-order valence-corrected chi connectivity index (χ4v) is 5.01. The number of carbonyl (C=O) groups is 1. The number of aryl methyl sites for hydroxylation is 1. The summed E-state index contributed by atoms with van der Waals surface area (Å²) in [5.41, 5.74) is 1.84. The van der Waals surface area contributed by atoms with Gasteiger partial charge in [-0.1, -0.05) is 43.2 Å². The Morgan fingerprint density at radius 3 is 2.53 bits per heavy atom. The second-order valence-corrected chi connectivity index (χ2v) is 9.21. The molecule has 3 rings (SSSR count). The molecule has 0 saturated heterocycles. The highest BCUT2D eigenvalue weighted by Gasteiger charge is 2.42. The minimum Gasteiger partial charge on any atom is -0.357 e. The van der Waals surface area contributed by atoms with Crippen LogP contribution in [-0.4, -0.2) is 48.9 Å². The van der Waals surface area contributed by atoms with Gasteiger partial charge in [0.25, 0.3) is 0 Å². The van der Waals surface area contributed by atoms with Gasteiger partial charge in [-0.3, -0.25) is 4.79 Å². The number of thiazole rings is 1. The Hall–Kier alpha value is -2.41. The van der Waals surface area contributed by atoms with E-state index in [-0.39, 0.29) is 11.3 Å². The van der Waals surface area contributed by atoms with Gasteiger partial charge in [0.05, 0.1) is 17.7 Å². The van der Waals surface area contributed by atoms with Crippen LogP contribution in [0.2, 0.25) is 0 Å². The van der Waals surface area contributed by atoms with Gasteiger partial charge in [-0.05, 0) is 26.7 Å². The van der Waals surface area contributed by atoms with Crippen LogP contribution < -0.4 is 10.6 Å². The molecular formula is C23H33N5OS. The molecule has 2 N–H and O–H groups in total. The quantitative estimate of drug-likeness (QED) is 0.521. The maximum atomic E-state index is 12.8. The molecule has 0 atom stereocenters. The molecule has 0 aliphatic heterocycles. The zero-order valence-corrected chi connectivity index (χ0v) is 19.3. The van der Waals surface area contributed by atoms with E-state index in [0.29, 0.717) is 13.1 Å². The zero-order chi connectivity index (χ0) is 21.6. The standard InChI is InChI=1S/C23H33N5OS/c1-5-24-22(26-16-23(13-9-10-14-23)21(29)28(3)4)25-15-19-17(2)27-20(30-19)18-11-7-6-8-12-18/h6-8,11-12H,5,9-10,13-16H2,1-4H3,(H2,24,25,26). The van der Waals surface area contributed by atoms with Crippen LogP contribution in [0.3, 0.4) is 0 Å². The van der Waals surface area contributed by atoms with E-state index >= 15 is 0 Å².